The zero-order valence-corrected chi connectivity index (χ0v) is 11.2. The van der Waals surface area contributed by atoms with Crippen molar-refractivity contribution >= 4 is 0 Å². The number of hydrogen-bond acceptors (Lipinski definition) is 1. The Kier molecular flexibility index (Phi) is 4.61. The number of rotatable bonds is 5. The van der Waals surface area contributed by atoms with Crippen molar-refractivity contribution in [1.29, 1.82) is 0 Å². The average molecular weight is 231 g/mol. The number of hydrogen-bond donors (Lipinski definition) is 1. The summed E-state index contributed by atoms with van der Waals surface area (Å²) in [7, 11) is 0. The quantitative estimate of drug-likeness (QED) is 0.800. The molecule has 1 aromatic rings. The molecule has 1 aromatic carbocycles. The van der Waals surface area contributed by atoms with Crippen LogP contribution in [0.1, 0.15) is 56.2 Å². The molecule has 2 rings (SSSR count). The Morgan fingerprint density at radius 1 is 1.18 bits per heavy atom. The fourth-order valence-corrected chi connectivity index (χ4v) is 2.82. The predicted octanol–water partition coefficient (Wildman–Crippen LogP) is 4.23. The summed E-state index contributed by atoms with van der Waals surface area (Å²) in [5.74, 6) is 0.925. The molecule has 94 valence electrons. The van der Waals surface area contributed by atoms with E-state index < -0.39 is 0 Å². The predicted molar refractivity (Wildman–Crippen MR) is 74.2 cm³/mol. The summed E-state index contributed by atoms with van der Waals surface area (Å²) in [6.45, 7) is 5.62. The molecule has 0 aliphatic heterocycles. The smallest absolute Gasteiger partial charge is 0.0317 e. The van der Waals surface area contributed by atoms with E-state index in [-0.39, 0.29) is 0 Å². The molecular formula is C16H25N. The first kappa shape index (κ1) is 12.6. The molecule has 0 aromatic heterocycles. The topological polar surface area (TPSA) is 12.0 Å². The number of aryl methyl sites for hydroxylation is 1. The van der Waals surface area contributed by atoms with Crippen LogP contribution in [0.5, 0.6) is 0 Å². The van der Waals surface area contributed by atoms with Crippen LogP contribution in [0.15, 0.2) is 24.3 Å². The van der Waals surface area contributed by atoms with Crippen molar-refractivity contribution in [3.8, 4) is 0 Å². The van der Waals surface area contributed by atoms with Gasteiger partial charge in [-0.2, -0.15) is 0 Å². The van der Waals surface area contributed by atoms with Gasteiger partial charge in [0.25, 0.3) is 0 Å². The van der Waals surface area contributed by atoms with Crippen LogP contribution in [-0.4, -0.2) is 6.54 Å². The van der Waals surface area contributed by atoms with E-state index in [1.807, 2.05) is 0 Å². The van der Waals surface area contributed by atoms with Crippen LogP contribution in [0.2, 0.25) is 0 Å². The summed E-state index contributed by atoms with van der Waals surface area (Å²) in [5, 5.41) is 3.75. The van der Waals surface area contributed by atoms with Crippen LogP contribution in [0.4, 0.5) is 0 Å². The highest BCUT2D eigenvalue weighted by molar-refractivity contribution is 5.24. The Labute approximate surface area is 106 Å². The molecular weight excluding hydrogens is 206 g/mol. The first-order valence-corrected chi connectivity index (χ1v) is 7.09. The van der Waals surface area contributed by atoms with Crippen LogP contribution in [-0.2, 0) is 0 Å². The van der Waals surface area contributed by atoms with Gasteiger partial charge in [0.2, 0.25) is 0 Å². The maximum Gasteiger partial charge on any atom is 0.0317 e. The van der Waals surface area contributed by atoms with Crippen molar-refractivity contribution in [2.45, 2.75) is 52.0 Å². The SMILES string of the molecule is CCC(NCC1CCCC1)c1ccc(C)cc1. The maximum absolute atomic E-state index is 3.75. The number of benzene rings is 1. The average Bonchev–Trinajstić information content (AvgIpc) is 2.85. The van der Waals surface area contributed by atoms with Crippen molar-refractivity contribution in [3.05, 3.63) is 35.4 Å². The summed E-state index contributed by atoms with van der Waals surface area (Å²) in [6.07, 6.45) is 6.91. The van der Waals surface area contributed by atoms with Crippen LogP contribution < -0.4 is 5.32 Å². The second-order valence-electron chi connectivity index (χ2n) is 5.43. The summed E-state index contributed by atoms with van der Waals surface area (Å²) >= 11 is 0. The van der Waals surface area contributed by atoms with Crippen molar-refractivity contribution in [2.24, 2.45) is 5.92 Å². The van der Waals surface area contributed by atoms with Gasteiger partial charge < -0.3 is 5.32 Å². The van der Waals surface area contributed by atoms with Gasteiger partial charge in [-0.05, 0) is 44.2 Å². The minimum atomic E-state index is 0.538. The van der Waals surface area contributed by atoms with Gasteiger partial charge in [-0.25, -0.2) is 0 Å². The summed E-state index contributed by atoms with van der Waals surface area (Å²) in [4.78, 5) is 0. The highest BCUT2D eigenvalue weighted by Gasteiger charge is 2.16. The zero-order chi connectivity index (χ0) is 12.1. The Balaban J connectivity index is 1.89. The van der Waals surface area contributed by atoms with Crippen LogP contribution in [0, 0.1) is 12.8 Å². The Hall–Kier alpha value is -0.820. The molecule has 0 radical (unpaired) electrons. The molecule has 1 heteroatoms. The van der Waals surface area contributed by atoms with Gasteiger partial charge >= 0.3 is 0 Å². The lowest BCUT2D eigenvalue weighted by molar-refractivity contribution is 0.431. The van der Waals surface area contributed by atoms with E-state index in [1.165, 1.54) is 49.8 Å². The molecule has 0 bridgehead atoms. The van der Waals surface area contributed by atoms with E-state index in [0.29, 0.717) is 6.04 Å². The second-order valence-corrected chi connectivity index (χ2v) is 5.43. The van der Waals surface area contributed by atoms with Crippen LogP contribution in [0.25, 0.3) is 0 Å². The molecule has 1 nitrogen and oxygen atoms in total. The monoisotopic (exact) mass is 231 g/mol. The maximum atomic E-state index is 3.75. The van der Waals surface area contributed by atoms with E-state index in [2.05, 4.69) is 43.4 Å². The summed E-state index contributed by atoms with van der Waals surface area (Å²) in [6, 6.07) is 9.51. The van der Waals surface area contributed by atoms with Gasteiger partial charge in [-0.15, -0.1) is 0 Å². The fourth-order valence-electron chi connectivity index (χ4n) is 2.82. The van der Waals surface area contributed by atoms with E-state index in [9.17, 15) is 0 Å². The molecule has 1 fully saturated rings. The lowest BCUT2D eigenvalue weighted by Gasteiger charge is -2.20. The lowest BCUT2D eigenvalue weighted by atomic mass is 10.0. The molecule has 17 heavy (non-hydrogen) atoms. The Bertz CT molecular complexity index is 322. The minimum Gasteiger partial charge on any atom is -0.310 e. The van der Waals surface area contributed by atoms with E-state index >= 15 is 0 Å². The largest absolute Gasteiger partial charge is 0.310 e. The van der Waals surface area contributed by atoms with E-state index in [4.69, 9.17) is 0 Å². The van der Waals surface area contributed by atoms with Crippen molar-refractivity contribution < 1.29 is 0 Å². The van der Waals surface area contributed by atoms with Crippen LogP contribution in [0.3, 0.4) is 0 Å². The number of nitrogens with one attached hydrogen (secondary N) is 1. The van der Waals surface area contributed by atoms with E-state index in [1.54, 1.807) is 0 Å². The third-order valence-electron chi connectivity index (χ3n) is 4.02. The lowest BCUT2D eigenvalue weighted by Crippen LogP contribution is -2.26. The Morgan fingerprint density at radius 3 is 2.41 bits per heavy atom. The third-order valence-corrected chi connectivity index (χ3v) is 4.02. The van der Waals surface area contributed by atoms with Crippen molar-refractivity contribution in [2.75, 3.05) is 6.54 Å². The molecule has 0 saturated heterocycles. The van der Waals surface area contributed by atoms with E-state index in [0.717, 1.165) is 5.92 Å². The molecule has 1 N–H and O–H groups in total. The van der Waals surface area contributed by atoms with Crippen molar-refractivity contribution in [1.82, 2.24) is 5.32 Å². The standard InChI is InChI=1S/C16H25N/c1-3-16(15-10-8-13(2)9-11-15)17-12-14-6-4-5-7-14/h8-11,14,16-17H,3-7,12H2,1-2H3. The van der Waals surface area contributed by atoms with Crippen LogP contribution >= 0.6 is 0 Å². The molecule has 1 aliphatic rings. The molecule has 1 unspecified atom stereocenters. The molecule has 0 heterocycles. The molecule has 0 spiro atoms. The molecule has 1 aliphatic carbocycles. The van der Waals surface area contributed by atoms with Gasteiger partial charge in [-0.3, -0.25) is 0 Å². The molecule has 1 atom stereocenters. The van der Waals surface area contributed by atoms with Gasteiger partial charge in [0.1, 0.15) is 0 Å². The van der Waals surface area contributed by atoms with Gasteiger partial charge in [-0.1, -0.05) is 49.6 Å². The summed E-state index contributed by atoms with van der Waals surface area (Å²) in [5.41, 5.74) is 2.79. The second kappa shape index (κ2) is 6.20. The fraction of sp³-hybridized carbons (Fsp3) is 0.625. The highest BCUT2D eigenvalue weighted by atomic mass is 14.9. The van der Waals surface area contributed by atoms with Gasteiger partial charge in [0.15, 0.2) is 0 Å². The summed E-state index contributed by atoms with van der Waals surface area (Å²) < 4.78 is 0. The Morgan fingerprint density at radius 2 is 1.82 bits per heavy atom. The molecule has 1 saturated carbocycles. The van der Waals surface area contributed by atoms with Crippen molar-refractivity contribution in [3.63, 3.8) is 0 Å². The highest BCUT2D eigenvalue weighted by Crippen LogP contribution is 2.25. The zero-order valence-electron chi connectivity index (χ0n) is 11.2. The van der Waals surface area contributed by atoms with Gasteiger partial charge in [0, 0.05) is 6.04 Å². The van der Waals surface area contributed by atoms with Gasteiger partial charge in [0.05, 0.1) is 0 Å². The minimum absolute atomic E-state index is 0.538. The first-order valence-electron chi connectivity index (χ1n) is 7.09. The molecule has 0 amide bonds. The third kappa shape index (κ3) is 3.57. The normalized spacial score (nSPS) is 18.5. The first-order chi connectivity index (χ1) is 8.29.